The van der Waals surface area contributed by atoms with Gasteiger partial charge in [-0.25, -0.2) is 9.59 Å². The molecule has 4 nitrogen and oxygen atoms in total. The average molecular weight is 378 g/mol. The van der Waals surface area contributed by atoms with Crippen molar-refractivity contribution in [2.75, 3.05) is 0 Å². The van der Waals surface area contributed by atoms with E-state index in [9.17, 15) is 9.59 Å². The standard InChI is InChI=1S/C24H26O4/c1-3-22(28-24(26)17-15-21-12-8-5-9-13-21)18-19(2)27-23(25)16-14-20-10-6-4-7-11-20/h4-17,19,22H,3,18H2,1-2H3. The number of hydrogen-bond acceptors (Lipinski definition) is 4. The molecule has 0 spiro atoms. The minimum Gasteiger partial charge on any atom is -0.459 e. The minimum atomic E-state index is -0.415. The monoisotopic (exact) mass is 378 g/mol. The zero-order valence-electron chi connectivity index (χ0n) is 16.3. The van der Waals surface area contributed by atoms with Crippen LogP contribution in [0.25, 0.3) is 12.2 Å². The van der Waals surface area contributed by atoms with E-state index < -0.39 is 11.9 Å². The van der Waals surface area contributed by atoms with Gasteiger partial charge < -0.3 is 9.47 Å². The average Bonchev–Trinajstić information content (AvgIpc) is 2.71. The molecule has 0 aliphatic rings. The summed E-state index contributed by atoms with van der Waals surface area (Å²) in [6.07, 6.45) is 6.67. The smallest absolute Gasteiger partial charge is 0.331 e. The van der Waals surface area contributed by atoms with Crippen molar-refractivity contribution in [2.45, 2.75) is 38.9 Å². The van der Waals surface area contributed by atoms with Gasteiger partial charge >= 0.3 is 11.9 Å². The van der Waals surface area contributed by atoms with Crippen molar-refractivity contribution in [3.8, 4) is 0 Å². The Morgan fingerprint density at radius 2 is 1.29 bits per heavy atom. The largest absolute Gasteiger partial charge is 0.459 e. The lowest BCUT2D eigenvalue weighted by Crippen LogP contribution is -2.24. The summed E-state index contributed by atoms with van der Waals surface area (Å²) < 4.78 is 10.8. The Bertz CT molecular complexity index is 794. The van der Waals surface area contributed by atoms with Gasteiger partial charge in [0, 0.05) is 18.6 Å². The molecule has 2 unspecified atom stereocenters. The SMILES string of the molecule is CCC(CC(C)OC(=O)C=Cc1ccccc1)OC(=O)C=Cc1ccccc1. The Hall–Kier alpha value is -3.14. The second-order valence-corrected chi connectivity index (χ2v) is 6.44. The van der Waals surface area contributed by atoms with Crippen LogP contribution in [-0.2, 0) is 19.1 Å². The van der Waals surface area contributed by atoms with Crippen LogP contribution in [0.1, 0.15) is 37.8 Å². The normalized spacial score (nSPS) is 13.4. The lowest BCUT2D eigenvalue weighted by molar-refractivity contribution is -0.148. The Kier molecular flexibility index (Phi) is 8.73. The molecule has 0 amide bonds. The first-order valence-electron chi connectivity index (χ1n) is 9.44. The molecule has 0 bridgehead atoms. The van der Waals surface area contributed by atoms with Gasteiger partial charge in [-0.1, -0.05) is 67.6 Å². The van der Waals surface area contributed by atoms with Crippen molar-refractivity contribution >= 4 is 24.1 Å². The van der Waals surface area contributed by atoms with Gasteiger partial charge in [0.1, 0.15) is 12.2 Å². The van der Waals surface area contributed by atoms with Gasteiger partial charge in [-0.3, -0.25) is 0 Å². The first-order valence-corrected chi connectivity index (χ1v) is 9.44. The van der Waals surface area contributed by atoms with Crippen LogP contribution < -0.4 is 0 Å². The highest BCUT2D eigenvalue weighted by Gasteiger charge is 2.17. The van der Waals surface area contributed by atoms with Gasteiger partial charge in [0.25, 0.3) is 0 Å². The molecule has 2 aromatic rings. The van der Waals surface area contributed by atoms with Crippen molar-refractivity contribution in [3.05, 3.63) is 83.9 Å². The van der Waals surface area contributed by atoms with Crippen molar-refractivity contribution in [1.29, 1.82) is 0 Å². The topological polar surface area (TPSA) is 52.6 Å². The fraction of sp³-hybridized carbons (Fsp3) is 0.250. The maximum Gasteiger partial charge on any atom is 0.331 e. The van der Waals surface area contributed by atoms with Gasteiger partial charge in [-0.05, 0) is 36.6 Å². The fourth-order valence-electron chi connectivity index (χ4n) is 2.61. The number of rotatable bonds is 9. The molecule has 0 aliphatic carbocycles. The number of benzene rings is 2. The lowest BCUT2D eigenvalue weighted by Gasteiger charge is -2.19. The van der Waals surface area contributed by atoms with Crippen LogP contribution in [0, 0.1) is 0 Å². The molecule has 0 saturated heterocycles. The van der Waals surface area contributed by atoms with Crippen molar-refractivity contribution in [3.63, 3.8) is 0 Å². The number of esters is 2. The molecule has 146 valence electrons. The third-order valence-corrected chi connectivity index (χ3v) is 4.07. The van der Waals surface area contributed by atoms with Gasteiger partial charge in [0.05, 0.1) is 0 Å². The van der Waals surface area contributed by atoms with Crippen LogP contribution >= 0.6 is 0 Å². The highest BCUT2D eigenvalue weighted by molar-refractivity contribution is 5.87. The first-order chi connectivity index (χ1) is 13.6. The number of hydrogen-bond donors (Lipinski definition) is 0. The predicted molar refractivity (Wildman–Crippen MR) is 111 cm³/mol. The van der Waals surface area contributed by atoms with E-state index in [1.807, 2.05) is 67.6 Å². The minimum absolute atomic E-state index is 0.311. The quantitative estimate of drug-likeness (QED) is 0.452. The highest BCUT2D eigenvalue weighted by Crippen LogP contribution is 2.12. The number of carbonyl (C=O) groups is 2. The first kappa shape index (κ1) is 21.2. The number of carbonyl (C=O) groups excluding carboxylic acids is 2. The summed E-state index contributed by atoms with van der Waals surface area (Å²) in [5, 5.41) is 0. The van der Waals surface area contributed by atoms with Crippen LogP contribution in [0.3, 0.4) is 0 Å². The third kappa shape index (κ3) is 8.04. The van der Waals surface area contributed by atoms with Crippen LogP contribution in [0.2, 0.25) is 0 Å². The molecule has 0 aliphatic heterocycles. The molecule has 0 radical (unpaired) electrons. The molecule has 2 atom stereocenters. The third-order valence-electron chi connectivity index (χ3n) is 4.07. The summed E-state index contributed by atoms with van der Waals surface area (Å²) in [4.78, 5) is 24.0. The second kappa shape index (κ2) is 11.5. The summed E-state index contributed by atoms with van der Waals surface area (Å²) in [6, 6.07) is 19.1. The van der Waals surface area contributed by atoms with E-state index in [1.165, 1.54) is 12.2 Å². The van der Waals surface area contributed by atoms with Crippen LogP contribution in [0.4, 0.5) is 0 Å². The molecular formula is C24H26O4. The molecule has 0 saturated carbocycles. The molecule has 0 fully saturated rings. The predicted octanol–water partition coefficient (Wildman–Crippen LogP) is 5.06. The summed E-state index contributed by atoms with van der Waals surface area (Å²) in [7, 11) is 0. The van der Waals surface area contributed by atoms with E-state index in [1.54, 1.807) is 19.1 Å². The Balaban J connectivity index is 1.79. The summed E-state index contributed by atoms with van der Waals surface area (Å²) in [5.41, 5.74) is 1.86. The van der Waals surface area contributed by atoms with Crippen LogP contribution in [0.5, 0.6) is 0 Å². The summed E-state index contributed by atoms with van der Waals surface area (Å²) >= 11 is 0. The molecule has 2 aromatic carbocycles. The van der Waals surface area contributed by atoms with E-state index in [0.717, 1.165) is 11.1 Å². The lowest BCUT2D eigenvalue weighted by atomic mass is 10.1. The van der Waals surface area contributed by atoms with Gasteiger partial charge in [-0.2, -0.15) is 0 Å². The molecule has 4 heteroatoms. The fourth-order valence-corrected chi connectivity index (χ4v) is 2.61. The Morgan fingerprint density at radius 1 is 0.821 bits per heavy atom. The Labute approximate surface area is 166 Å². The molecule has 2 rings (SSSR count). The summed E-state index contributed by atoms with van der Waals surface area (Å²) in [5.74, 6) is -0.820. The highest BCUT2D eigenvalue weighted by atomic mass is 16.6. The van der Waals surface area contributed by atoms with Crippen molar-refractivity contribution in [2.24, 2.45) is 0 Å². The van der Waals surface area contributed by atoms with E-state index in [0.29, 0.717) is 12.8 Å². The van der Waals surface area contributed by atoms with Crippen LogP contribution in [0.15, 0.2) is 72.8 Å². The Morgan fingerprint density at radius 3 is 1.75 bits per heavy atom. The van der Waals surface area contributed by atoms with Crippen molar-refractivity contribution in [1.82, 2.24) is 0 Å². The molecule has 0 N–H and O–H groups in total. The maximum atomic E-state index is 12.0. The zero-order valence-corrected chi connectivity index (χ0v) is 16.3. The summed E-state index contributed by atoms with van der Waals surface area (Å²) in [6.45, 7) is 3.73. The molecular weight excluding hydrogens is 352 g/mol. The van der Waals surface area contributed by atoms with Crippen molar-refractivity contribution < 1.29 is 19.1 Å². The zero-order chi connectivity index (χ0) is 20.2. The number of ether oxygens (including phenoxy) is 2. The van der Waals surface area contributed by atoms with E-state index in [-0.39, 0.29) is 12.2 Å². The van der Waals surface area contributed by atoms with Gasteiger partial charge in [-0.15, -0.1) is 0 Å². The van der Waals surface area contributed by atoms with E-state index in [2.05, 4.69) is 0 Å². The van der Waals surface area contributed by atoms with E-state index >= 15 is 0 Å². The molecule has 0 heterocycles. The maximum absolute atomic E-state index is 12.0. The molecule has 0 aromatic heterocycles. The van der Waals surface area contributed by atoms with E-state index in [4.69, 9.17) is 9.47 Å². The van der Waals surface area contributed by atoms with Gasteiger partial charge in [0.15, 0.2) is 0 Å². The molecule has 28 heavy (non-hydrogen) atoms. The second-order valence-electron chi connectivity index (χ2n) is 6.44. The van der Waals surface area contributed by atoms with Crippen LogP contribution in [-0.4, -0.2) is 24.1 Å². The van der Waals surface area contributed by atoms with Gasteiger partial charge in [0.2, 0.25) is 0 Å².